The van der Waals surface area contributed by atoms with Gasteiger partial charge < -0.3 is 20.5 Å². The van der Waals surface area contributed by atoms with Crippen molar-refractivity contribution in [1.82, 2.24) is 19.9 Å². The fourth-order valence-electron chi connectivity index (χ4n) is 4.12. The van der Waals surface area contributed by atoms with Gasteiger partial charge in [-0.05, 0) is 70.6 Å². The monoisotopic (exact) mass is 417 g/mol. The summed E-state index contributed by atoms with van der Waals surface area (Å²) >= 11 is 1.83. The summed E-state index contributed by atoms with van der Waals surface area (Å²) in [5.41, 5.74) is 9.27. The van der Waals surface area contributed by atoms with Gasteiger partial charge >= 0.3 is 0 Å². The van der Waals surface area contributed by atoms with Gasteiger partial charge in [0, 0.05) is 18.7 Å². The van der Waals surface area contributed by atoms with E-state index in [9.17, 15) is 0 Å². The number of fused-ring (bicyclic) bond motifs is 3. The predicted octanol–water partition coefficient (Wildman–Crippen LogP) is 2.64. The molecule has 3 aliphatic rings. The summed E-state index contributed by atoms with van der Waals surface area (Å²) in [7, 11) is 2.20. The van der Waals surface area contributed by atoms with Crippen molar-refractivity contribution < 1.29 is 9.84 Å². The Morgan fingerprint density at radius 2 is 2.00 bits per heavy atom. The van der Waals surface area contributed by atoms with Crippen molar-refractivity contribution in [1.29, 1.82) is 0 Å². The lowest BCUT2D eigenvalue weighted by Gasteiger charge is -2.27. The third kappa shape index (κ3) is 5.12. The molecule has 3 N–H and O–H groups in total. The van der Waals surface area contributed by atoms with Crippen molar-refractivity contribution in [2.75, 3.05) is 39.1 Å². The number of hydrogen-bond donors (Lipinski definition) is 2. The van der Waals surface area contributed by atoms with Crippen LogP contribution in [0, 0.1) is 0 Å². The minimum Gasteiger partial charge on any atom is -0.391 e. The van der Waals surface area contributed by atoms with E-state index in [2.05, 4.69) is 21.9 Å². The highest BCUT2D eigenvalue weighted by atomic mass is 32.1. The van der Waals surface area contributed by atoms with Gasteiger partial charge in [-0.1, -0.05) is 0 Å². The molecular weight excluding hydrogens is 386 g/mol. The number of nitrogens with two attached hydrogens (primary N) is 1. The zero-order valence-electron chi connectivity index (χ0n) is 17.1. The van der Waals surface area contributed by atoms with E-state index in [0.29, 0.717) is 18.5 Å². The average molecular weight is 418 g/mol. The Labute approximate surface area is 176 Å². The first-order valence-electron chi connectivity index (χ1n) is 10.7. The molecular formula is C21H31N5O2S. The van der Waals surface area contributed by atoms with Crippen molar-refractivity contribution in [2.45, 2.75) is 57.0 Å². The second-order valence-electron chi connectivity index (χ2n) is 8.23. The maximum atomic E-state index is 8.78. The van der Waals surface area contributed by atoms with Crippen LogP contribution < -0.4 is 5.73 Å². The van der Waals surface area contributed by atoms with Crippen LogP contribution in [-0.2, 0) is 17.6 Å². The van der Waals surface area contributed by atoms with E-state index in [0.717, 1.165) is 44.4 Å². The van der Waals surface area contributed by atoms with Gasteiger partial charge in [0.15, 0.2) is 0 Å². The first-order chi connectivity index (χ1) is 14.1. The van der Waals surface area contributed by atoms with E-state index < -0.39 is 0 Å². The number of anilines is 1. The number of ether oxygens (including phenoxy) is 1. The summed E-state index contributed by atoms with van der Waals surface area (Å²) < 4.78 is 4.93. The van der Waals surface area contributed by atoms with E-state index >= 15 is 0 Å². The van der Waals surface area contributed by atoms with Crippen LogP contribution in [0.3, 0.4) is 0 Å². The molecule has 2 saturated heterocycles. The zero-order valence-corrected chi connectivity index (χ0v) is 18.0. The number of likely N-dealkylation sites (tertiary alicyclic amines) is 1. The molecule has 1 aliphatic carbocycles. The Balaban J connectivity index is 0.000000249. The SMILES string of the molecule is CN1CCC(c2nc3c(s2)-c2nc(N)ncc2CCC3)CC1.OC1CCCOC1. The molecule has 2 fully saturated rings. The van der Waals surface area contributed by atoms with Crippen LogP contribution >= 0.6 is 11.3 Å². The Morgan fingerprint density at radius 1 is 1.17 bits per heavy atom. The van der Waals surface area contributed by atoms with Crippen LogP contribution in [-0.4, -0.2) is 64.4 Å². The van der Waals surface area contributed by atoms with E-state index in [1.165, 1.54) is 47.1 Å². The lowest BCUT2D eigenvalue weighted by molar-refractivity contribution is -0.00535. The second kappa shape index (κ2) is 9.47. The van der Waals surface area contributed by atoms with E-state index in [1.54, 1.807) is 0 Å². The Bertz CT molecular complexity index is 813. The molecule has 0 aromatic carbocycles. The zero-order chi connectivity index (χ0) is 20.2. The lowest BCUT2D eigenvalue weighted by Crippen LogP contribution is -2.29. The number of hydrogen-bond acceptors (Lipinski definition) is 8. The summed E-state index contributed by atoms with van der Waals surface area (Å²) in [6.45, 7) is 3.71. The number of piperidine rings is 1. The standard InChI is InChI=1S/C16H21N5S.C5H10O2/c1-21-7-5-10(6-8-21)15-19-12-4-2-3-11-9-18-16(17)20-13(11)14(12)22-15;6-5-2-1-3-7-4-5/h9-10H,2-8H2,1H3,(H2,17,18,20);5-6H,1-4H2. The topological polar surface area (TPSA) is 97.4 Å². The highest BCUT2D eigenvalue weighted by Crippen LogP contribution is 2.40. The van der Waals surface area contributed by atoms with Gasteiger partial charge in [0.25, 0.3) is 0 Å². The summed E-state index contributed by atoms with van der Waals surface area (Å²) in [5.74, 6) is 0.969. The van der Waals surface area contributed by atoms with E-state index in [1.807, 2.05) is 17.5 Å². The van der Waals surface area contributed by atoms with Gasteiger partial charge in [-0.25, -0.2) is 15.0 Å². The maximum Gasteiger partial charge on any atom is 0.220 e. The van der Waals surface area contributed by atoms with Gasteiger partial charge in [-0.2, -0.15) is 0 Å². The number of aryl methyl sites for hydroxylation is 2. The van der Waals surface area contributed by atoms with Crippen molar-refractivity contribution in [2.24, 2.45) is 0 Å². The largest absolute Gasteiger partial charge is 0.391 e. The summed E-state index contributed by atoms with van der Waals surface area (Å²) in [4.78, 5) is 17.3. The number of aliphatic hydroxyl groups is 1. The third-order valence-electron chi connectivity index (χ3n) is 5.88. The molecule has 0 amide bonds. The fourth-order valence-corrected chi connectivity index (χ4v) is 5.43. The minimum absolute atomic E-state index is 0.186. The lowest BCUT2D eigenvalue weighted by atomic mass is 9.98. The molecule has 4 heterocycles. The van der Waals surface area contributed by atoms with E-state index in [4.69, 9.17) is 20.6 Å². The molecule has 0 radical (unpaired) electrons. The van der Waals surface area contributed by atoms with Gasteiger partial charge in [0.1, 0.15) is 0 Å². The maximum absolute atomic E-state index is 8.78. The van der Waals surface area contributed by atoms with Crippen LogP contribution in [0.25, 0.3) is 10.6 Å². The molecule has 0 spiro atoms. The molecule has 1 atom stereocenters. The van der Waals surface area contributed by atoms with Gasteiger partial charge in [0.2, 0.25) is 5.95 Å². The van der Waals surface area contributed by atoms with Crippen molar-refractivity contribution >= 4 is 17.3 Å². The van der Waals surface area contributed by atoms with Crippen LogP contribution in [0.15, 0.2) is 6.20 Å². The molecule has 0 saturated carbocycles. The number of rotatable bonds is 1. The Hall–Kier alpha value is -1.61. The summed E-state index contributed by atoms with van der Waals surface area (Å²) in [6.07, 6.45) is 9.22. The third-order valence-corrected chi connectivity index (χ3v) is 7.14. The predicted molar refractivity (Wildman–Crippen MR) is 115 cm³/mol. The molecule has 5 rings (SSSR count). The molecule has 2 aromatic rings. The van der Waals surface area contributed by atoms with Crippen LogP contribution in [0.1, 0.15) is 54.3 Å². The highest BCUT2D eigenvalue weighted by molar-refractivity contribution is 7.15. The first kappa shape index (κ1) is 20.7. The molecule has 7 nitrogen and oxygen atoms in total. The van der Waals surface area contributed by atoms with Crippen LogP contribution in [0.2, 0.25) is 0 Å². The number of thiazole rings is 1. The second-order valence-corrected chi connectivity index (χ2v) is 9.26. The molecule has 29 heavy (non-hydrogen) atoms. The molecule has 1 unspecified atom stereocenters. The first-order valence-corrected chi connectivity index (χ1v) is 11.5. The molecule has 0 bridgehead atoms. The molecule has 2 aliphatic heterocycles. The average Bonchev–Trinajstić information content (AvgIpc) is 3.07. The van der Waals surface area contributed by atoms with Crippen LogP contribution in [0.5, 0.6) is 0 Å². The van der Waals surface area contributed by atoms with Crippen molar-refractivity contribution in [3.05, 3.63) is 22.5 Å². The Kier molecular flexibility index (Phi) is 6.74. The number of nitrogens with zero attached hydrogens (tertiary/aromatic N) is 4. The fraction of sp³-hybridized carbons (Fsp3) is 0.667. The quantitative estimate of drug-likeness (QED) is 0.736. The van der Waals surface area contributed by atoms with Gasteiger partial charge in [-0.15, -0.1) is 11.3 Å². The smallest absolute Gasteiger partial charge is 0.220 e. The number of nitrogen functional groups attached to an aromatic ring is 1. The van der Waals surface area contributed by atoms with Gasteiger partial charge in [-0.3, -0.25) is 0 Å². The summed E-state index contributed by atoms with van der Waals surface area (Å²) in [5, 5.41) is 10.1. The summed E-state index contributed by atoms with van der Waals surface area (Å²) in [6, 6.07) is 0. The molecule has 158 valence electrons. The van der Waals surface area contributed by atoms with Crippen molar-refractivity contribution in [3.63, 3.8) is 0 Å². The van der Waals surface area contributed by atoms with Gasteiger partial charge in [0.05, 0.1) is 34.0 Å². The highest BCUT2D eigenvalue weighted by Gasteiger charge is 2.26. The van der Waals surface area contributed by atoms with E-state index in [-0.39, 0.29) is 6.10 Å². The number of aromatic nitrogens is 3. The van der Waals surface area contributed by atoms with Crippen LogP contribution in [0.4, 0.5) is 5.95 Å². The van der Waals surface area contributed by atoms with Crippen molar-refractivity contribution in [3.8, 4) is 10.6 Å². The molecule has 2 aromatic heterocycles. The minimum atomic E-state index is -0.186. The Morgan fingerprint density at radius 3 is 2.69 bits per heavy atom. The normalized spacial score (nSPS) is 22.8. The number of aliphatic hydroxyl groups excluding tert-OH is 1. The molecule has 8 heteroatoms.